The number of likely N-dealkylation sites (tertiary alicyclic amines) is 1. The molecule has 2 aliphatic rings. The second-order valence-corrected chi connectivity index (χ2v) is 7.51. The number of rotatable bonds is 10. The Balaban J connectivity index is 1.39. The van der Waals surface area contributed by atoms with Crippen LogP contribution in [0, 0.1) is 0 Å². The van der Waals surface area contributed by atoms with Crippen molar-refractivity contribution in [1.82, 2.24) is 15.5 Å². The van der Waals surface area contributed by atoms with Gasteiger partial charge >= 0.3 is 6.61 Å². The molecular formula is C21H32F2N4O3. The van der Waals surface area contributed by atoms with E-state index in [1.165, 1.54) is 51.4 Å². The van der Waals surface area contributed by atoms with Crippen LogP contribution in [0.2, 0.25) is 0 Å². The first-order chi connectivity index (χ1) is 14.7. The Morgan fingerprint density at radius 3 is 2.60 bits per heavy atom. The van der Waals surface area contributed by atoms with E-state index in [0.717, 1.165) is 19.4 Å². The van der Waals surface area contributed by atoms with Crippen molar-refractivity contribution in [1.29, 1.82) is 0 Å². The van der Waals surface area contributed by atoms with Gasteiger partial charge in [-0.3, -0.25) is 4.99 Å². The fraction of sp³-hybridized carbons (Fsp3) is 0.667. The van der Waals surface area contributed by atoms with Crippen LogP contribution < -0.4 is 24.8 Å². The van der Waals surface area contributed by atoms with Gasteiger partial charge in [0.1, 0.15) is 5.75 Å². The van der Waals surface area contributed by atoms with Crippen LogP contribution in [0.25, 0.3) is 0 Å². The summed E-state index contributed by atoms with van der Waals surface area (Å²) in [6.45, 7) is 1.91. The van der Waals surface area contributed by atoms with Crippen LogP contribution in [-0.4, -0.2) is 57.5 Å². The van der Waals surface area contributed by atoms with E-state index < -0.39 is 6.61 Å². The number of benzene rings is 1. The van der Waals surface area contributed by atoms with Crippen LogP contribution in [0.5, 0.6) is 17.2 Å². The lowest BCUT2D eigenvalue weighted by atomic mass is 10.1. The minimum Gasteiger partial charge on any atom is -0.454 e. The molecule has 0 aromatic heterocycles. The third-order valence-corrected chi connectivity index (χ3v) is 5.33. The number of nitrogens with zero attached hydrogens (tertiary/aromatic N) is 2. The van der Waals surface area contributed by atoms with Gasteiger partial charge in [-0.2, -0.15) is 8.78 Å². The second kappa shape index (κ2) is 11.8. The fourth-order valence-electron chi connectivity index (χ4n) is 3.74. The lowest BCUT2D eigenvalue weighted by Gasteiger charge is -2.26. The molecule has 0 radical (unpaired) electrons. The zero-order valence-electron chi connectivity index (χ0n) is 17.6. The molecule has 1 saturated heterocycles. The Morgan fingerprint density at radius 1 is 1.10 bits per heavy atom. The first-order valence-electron chi connectivity index (χ1n) is 10.7. The second-order valence-electron chi connectivity index (χ2n) is 7.51. The van der Waals surface area contributed by atoms with E-state index in [2.05, 4.69) is 25.3 Å². The quantitative estimate of drug-likeness (QED) is 0.340. The molecule has 3 rings (SSSR count). The summed E-state index contributed by atoms with van der Waals surface area (Å²) in [5, 5.41) is 6.41. The monoisotopic (exact) mass is 426 g/mol. The molecule has 0 aliphatic carbocycles. The average Bonchev–Trinajstić information content (AvgIpc) is 3.20. The Hall–Kier alpha value is -2.29. The van der Waals surface area contributed by atoms with Crippen molar-refractivity contribution in [2.75, 3.05) is 40.0 Å². The number of ether oxygens (including phenoxy) is 3. The van der Waals surface area contributed by atoms with E-state index in [1.54, 1.807) is 13.1 Å². The van der Waals surface area contributed by atoms with E-state index in [4.69, 9.17) is 9.47 Å². The minimum absolute atomic E-state index is 0.0647. The SMILES string of the molecule is CN=C(NCCCCCN1CCCCC1)NCc1cc2c(cc1OC(F)F)OCO2. The largest absolute Gasteiger partial charge is 0.454 e. The normalized spacial score (nSPS) is 16.7. The highest BCUT2D eigenvalue weighted by atomic mass is 19.3. The summed E-state index contributed by atoms with van der Waals surface area (Å²) in [7, 11) is 1.68. The van der Waals surface area contributed by atoms with Gasteiger partial charge in [-0.15, -0.1) is 0 Å². The highest BCUT2D eigenvalue weighted by Gasteiger charge is 2.20. The Bertz CT molecular complexity index is 697. The van der Waals surface area contributed by atoms with Crippen LogP contribution >= 0.6 is 0 Å². The highest BCUT2D eigenvalue weighted by molar-refractivity contribution is 5.79. The molecule has 0 unspecified atom stereocenters. The maximum atomic E-state index is 12.8. The van der Waals surface area contributed by atoms with E-state index in [9.17, 15) is 8.78 Å². The number of piperidine rings is 1. The first kappa shape index (κ1) is 22.4. The summed E-state index contributed by atoms with van der Waals surface area (Å²) in [5.41, 5.74) is 0.545. The van der Waals surface area contributed by atoms with E-state index in [0.29, 0.717) is 23.0 Å². The van der Waals surface area contributed by atoms with Crippen molar-refractivity contribution in [3.8, 4) is 17.2 Å². The fourth-order valence-corrected chi connectivity index (χ4v) is 3.74. The molecule has 2 N–H and O–H groups in total. The molecule has 30 heavy (non-hydrogen) atoms. The summed E-state index contributed by atoms with van der Waals surface area (Å²) >= 11 is 0. The molecule has 2 heterocycles. The molecule has 2 aliphatic heterocycles. The predicted molar refractivity (Wildman–Crippen MR) is 112 cm³/mol. The maximum absolute atomic E-state index is 12.8. The van der Waals surface area contributed by atoms with Gasteiger partial charge in [-0.05, 0) is 51.4 Å². The third-order valence-electron chi connectivity index (χ3n) is 5.33. The van der Waals surface area contributed by atoms with Crippen LogP contribution in [-0.2, 0) is 6.54 Å². The van der Waals surface area contributed by atoms with Crippen LogP contribution in [0.4, 0.5) is 8.78 Å². The van der Waals surface area contributed by atoms with Gasteiger partial charge < -0.3 is 29.7 Å². The zero-order valence-corrected chi connectivity index (χ0v) is 17.6. The number of guanidine groups is 1. The Morgan fingerprint density at radius 2 is 1.87 bits per heavy atom. The molecule has 0 atom stereocenters. The standard InChI is InChI=1S/C21H32F2N4O3/c1-24-21(25-8-4-2-5-9-27-10-6-3-7-11-27)26-14-16-12-18-19(29-15-28-18)13-17(16)30-20(22)23/h12-13,20H,2-11,14-15H2,1H3,(H2,24,25,26). The minimum atomic E-state index is -2.91. The summed E-state index contributed by atoms with van der Waals surface area (Å²) < 4.78 is 40.7. The number of hydrogen-bond donors (Lipinski definition) is 2. The Kier molecular flexibility index (Phi) is 8.80. The predicted octanol–water partition coefficient (Wildman–Crippen LogP) is 3.34. The van der Waals surface area contributed by atoms with E-state index >= 15 is 0 Å². The van der Waals surface area contributed by atoms with Gasteiger partial charge in [-0.1, -0.05) is 12.8 Å². The molecule has 0 amide bonds. The molecule has 1 aromatic rings. The molecule has 1 aromatic carbocycles. The summed E-state index contributed by atoms with van der Waals surface area (Å²) in [4.78, 5) is 6.76. The van der Waals surface area contributed by atoms with E-state index in [-0.39, 0.29) is 19.1 Å². The summed E-state index contributed by atoms with van der Waals surface area (Å²) in [5.74, 6) is 1.60. The maximum Gasteiger partial charge on any atom is 0.387 e. The number of nitrogens with one attached hydrogen (secondary N) is 2. The summed E-state index contributed by atoms with van der Waals surface area (Å²) in [6.07, 6.45) is 7.45. The van der Waals surface area contributed by atoms with Crippen molar-refractivity contribution in [3.05, 3.63) is 17.7 Å². The van der Waals surface area contributed by atoms with Crippen LogP contribution in [0.15, 0.2) is 17.1 Å². The number of alkyl halides is 2. The smallest absolute Gasteiger partial charge is 0.387 e. The van der Waals surface area contributed by atoms with E-state index in [1.807, 2.05) is 0 Å². The highest BCUT2D eigenvalue weighted by Crippen LogP contribution is 2.38. The van der Waals surface area contributed by atoms with Crippen LogP contribution in [0.1, 0.15) is 44.1 Å². The van der Waals surface area contributed by atoms with Gasteiger partial charge in [0.05, 0.1) is 0 Å². The van der Waals surface area contributed by atoms with Crippen molar-refractivity contribution < 1.29 is 23.0 Å². The van der Waals surface area contributed by atoms with Crippen molar-refractivity contribution in [2.24, 2.45) is 4.99 Å². The van der Waals surface area contributed by atoms with Crippen molar-refractivity contribution in [3.63, 3.8) is 0 Å². The molecular weight excluding hydrogens is 394 g/mol. The van der Waals surface area contributed by atoms with Crippen molar-refractivity contribution >= 4 is 5.96 Å². The van der Waals surface area contributed by atoms with Gasteiger partial charge in [0.2, 0.25) is 6.79 Å². The lowest BCUT2D eigenvalue weighted by molar-refractivity contribution is -0.0505. The lowest BCUT2D eigenvalue weighted by Crippen LogP contribution is -2.37. The molecule has 168 valence electrons. The van der Waals surface area contributed by atoms with Gasteiger partial charge in [0.15, 0.2) is 17.5 Å². The molecule has 0 bridgehead atoms. The molecule has 0 saturated carbocycles. The van der Waals surface area contributed by atoms with Crippen molar-refractivity contribution in [2.45, 2.75) is 51.7 Å². The molecule has 1 fully saturated rings. The average molecular weight is 427 g/mol. The van der Waals surface area contributed by atoms with Crippen LogP contribution in [0.3, 0.4) is 0 Å². The molecule has 7 nitrogen and oxygen atoms in total. The third kappa shape index (κ3) is 6.90. The number of hydrogen-bond acceptors (Lipinski definition) is 5. The van der Waals surface area contributed by atoms with Gasteiger partial charge in [-0.25, -0.2) is 0 Å². The first-order valence-corrected chi connectivity index (χ1v) is 10.7. The number of fused-ring (bicyclic) bond motifs is 1. The number of unbranched alkanes of at least 4 members (excludes halogenated alkanes) is 2. The molecule has 0 spiro atoms. The van der Waals surface area contributed by atoms with Gasteiger partial charge in [0, 0.05) is 31.8 Å². The molecule has 9 heteroatoms. The zero-order chi connectivity index (χ0) is 21.2. The van der Waals surface area contributed by atoms with Gasteiger partial charge in [0.25, 0.3) is 0 Å². The number of halogens is 2. The summed E-state index contributed by atoms with van der Waals surface area (Å²) in [6, 6.07) is 3.09. The topological polar surface area (TPSA) is 67.4 Å². The number of aliphatic imine (C=N–C) groups is 1. The Labute approximate surface area is 176 Å².